The van der Waals surface area contributed by atoms with Gasteiger partial charge in [-0.3, -0.25) is 14.8 Å². The summed E-state index contributed by atoms with van der Waals surface area (Å²) in [5.74, 6) is -0.441. The molecule has 0 atom stereocenters. The lowest BCUT2D eigenvalue weighted by molar-refractivity contribution is -0.115. The van der Waals surface area contributed by atoms with E-state index in [0.717, 1.165) is 5.69 Å². The summed E-state index contributed by atoms with van der Waals surface area (Å²) in [6.45, 7) is 0. The van der Waals surface area contributed by atoms with E-state index < -0.39 is 5.91 Å². The van der Waals surface area contributed by atoms with Gasteiger partial charge in [0.05, 0.1) is 5.69 Å². The lowest BCUT2D eigenvalue weighted by atomic mass is 10.3. The highest BCUT2D eigenvalue weighted by Gasteiger charge is 1.94. The van der Waals surface area contributed by atoms with Crippen molar-refractivity contribution in [2.45, 2.75) is 0 Å². The molecule has 1 heterocycles. The van der Waals surface area contributed by atoms with E-state index in [0.29, 0.717) is 0 Å². The van der Waals surface area contributed by atoms with Crippen molar-refractivity contribution in [3.63, 3.8) is 0 Å². The molecular weight excluding hydrogens is 168 g/mol. The van der Waals surface area contributed by atoms with Gasteiger partial charge in [-0.05, 0) is 12.1 Å². The number of aromatic nitrogens is 2. The van der Waals surface area contributed by atoms with Crippen LogP contribution in [-0.4, -0.2) is 15.7 Å². The Labute approximate surface area is 75.3 Å². The van der Waals surface area contributed by atoms with Gasteiger partial charge >= 0.3 is 0 Å². The molecule has 5 nitrogen and oxygen atoms in total. The molecular formula is C8H8N4O. The molecule has 0 unspecified atom stereocenters. The lowest BCUT2D eigenvalue weighted by Gasteiger charge is -1.92. The summed E-state index contributed by atoms with van der Waals surface area (Å²) in [6, 6.07) is 1.76. The molecule has 0 aromatic carbocycles. The van der Waals surface area contributed by atoms with E-state index in [9.17, 15) is 4.79 Å². The second-order valence-electron chi connectivity index (χ2n) is 2.31. The predicted octanol–water partition coefficient (Wildman–Crippen LogP) is 0.0306. The van der Waals surface area contributed by atoms with Crippen LogP contribution in [0.15, 0.2) is 18.3 Å². The number of hydrogen-bond acceptors (Lipinski definition) is 3. The van der Waals surface area contributed by atoms with Gasteiger partial charge in [0.25, 0.3) is 5.91 Å². The van der Waals surface area contributed by atoms with Gasteiger partial charge in [0, 0.05) is 19.3 Å². The van der Waals surface area contributed by atoms with Crippen molar-refractivity contribution in [1.82, 2.24) is 15.1 Å². The number of carbonyl (C=O) groups is 1. The first-order chi connectivity index (χ1) is 6.24. The normalized spacial score (nSPS) is 9.85. The first kappa shape index (κ1) is 9.00. The zero-order valence-electron chi connectivity index (χ0n) is 7.06. The van der Waals surface area contributed by atoms with Gasteiger partial charge < -0.3 is 0 Å². The fourth-order valence-corrected chi connectivity index (χ4v) is 0.805. The molecule has 13 heavy (non-hydrogen) atoms. The molecule has 5 heteroatoms. The van der Waals surface area contributed by atoms with Gasteiger partial charge in [0.1, 0.15) is 0 Å². The maximum atomic E-state index is 10.8. The van der Waals surface area contributed by atoms with Crippen LogP contribution in [0.3, 0.4) is 0 Å². The predicted molar refractivity (Wildman–Crippen MR) is 46.0 cm³/mol. The number of amides is 1. The summed E-state index contributed by atoms with van der Waals surface area (Å²) < 4.78 is 1.62. The number of nitrogens with one attached hydrogen (secondary N) is 1. The van der Waals surface area contributed by atoms with Gasteiger partial charge in [0.2, 0.25) is 0 Å². The van der Waals surface area contributed by atoms with Crippen molar-refractivity contribution < 1.29 is 4.79 Å². The average molecular weight is 176 g/mol. The molecule has 0 saturated heterocycles. The minimum Gasteiger partial charge on any atom is -0.269 e. The molecule has 1 aromatic rings. The molecule has 1 aromatic heterocycles. The van der Waals surface area contributed by atoms with Crippen LogP contribution < -0.4 is 5.32 Å². The largest absolute Gasteiger partial charge is 0.269 e. The summed E-state index contributed by atoms with van der Waals surface area (Å²) in [5, 5.41) is 14.0. The average Bonchev–Trinajstić information content (AvgIpc) is 2.48. The Morgan fingerprint density at radius 3 is 3.15 bits per heavy atom. The van der Waals surface area contributed by atoms with E-state index in [-0.39, 0.29) is 0 Å². The van der Waals surface area contributed by atoms with E-state index in [1.54, 1.807) is 30.1 Å². The second-order valence-corrected chi connectivity index (χ2v) is 2.31. The third kappa shape index (κ3) is 2.45. The Morgan fingerprint density at radius 2 is 2.62 bits per heavy atom. The highest BCUT2D eigenvalue weighted by Crippen LogP contribution is 1.98. The zero-order valence-corrected chi connectivity index (χ0v) is 7.06. The maximum absolute atomic E-state index is 10.8. The third-order valence-corrected chi connectivity index (χ3v) is 1.44. The van der Waals surface area contributed by atoms with Crippen LogP contribution in [0.25, 0.3) is 6.08 Å². The zero-order chi connectivity index (χ0) is 9.68. The van der Waals surface area contributed by atoms with E-state index in [1.807, 2.05) is 5.32 Å². The van der Waals surface area contributed by atoms with E-state index >= 15 is 0 Å². The summed E-state index contributed by atoms with van der Waals surface area (Å²) in [5.41, 5.74) is 0.799. The molecule has 0 radical (unpaired) electrons. The first-order valence-corrected chi connectivity index (χ1v) is 3.59. The van der Waals surface area contributed by atoms with Crippen LogP contribution in [0.2, 0.25) is 0 Å². The molecule has 0 bridgehead atoms. The Bertz CT molecular complexity index is 372. The van der Waals surface area contributed by atoms with Crippen molar-refractivity contribution in [3.05, 3.63) is 24.0 Å². The molecule has 1 rings (SSSR count). The minimum atomic E-state index is -0.441. The van der Waals surface area contributed by atoms with Crippen LogP contribution in [0.1, 0.15) is 5.69 Å². The molecule has 0 saturated carbocycles. The number of nitriles is 1. The van der Waals surface area contributed by atoms with Crippen molar-refractivity contribution in [2.24, 2.45) is 7.05 Å². The van der Waals surface area contributed by atoms with Gasteiger partial charge in [-0.2, -0.15) is 10.4 Å². The van der Waals surface area contributed by atoms with E-state index in [2.05, 4.69) is 5.10 Å². The number of rotatable bonds is 2. The number of carbonyl (C=O) groups excluding carboxylic acids is 1. The molecule has 0 spiro atoms. The van der Waals surface area contributed by atoms with E-state index in [1.165, 1.54) is 12.3 Å². The monoisotopic (exact) mass is 176 g/mol. The van der Waals surface area contributed by atoms with Crippen LogP contribution in [0.4, 0.5) is 0 Å². The summed E-state index contributed by atoms with van der Waals surface area (Å²) >= 11 is 0. The van der Waals surface area contributed by atoms with Gasteiger partial charge in [-0.15, -0.1) is 0 Å². The second kappa shape index (κ2) is 4.07. The van der Waals surface area contributed by atoms with Crippen LogP contribution >= 0.6 is 0 Å². The standard InChI is InChI=1S/C8H8N4O/c1-12-7(4-5-11-12)2-3-8(13)10-6-9/h2-5H,1H3,(H,10,13). The highest BCUT2D eigenvalue weighted by molar-refractivity contribution is 5.92. The summed E-state index contributed by atoms with van der Waals surface area (Å²) in [6.07, 6.45) is 6.03. The van der Waals surface area contributed by atoms with Crippen LogP contribution in [0.5, 0.6) is 0 Å². The first-order valence-electron chi connectivity index (χ1n) is 3.59. The number of hydrogen-bond donors (Lipinski definition) is 1. The molecule has 0 aliphatic carbocycles. The Morgan fingerprint density at radius 1 is 1.85 bits per heavy atom. The van der Waals surface area contributed by atoms with Crippen molar-refractivity contribution in [1.29, 1.82) is 5.26 Å². The lowest BCUT2D eigenvalue weighted by Crippen LogP contribution is -2.13. The SMILES string of the molecule is Cn1nccc1C=CC(=O)NC#N. The van der Waals surface area contributed by atoms with Gasteiger partial charge in [0.15, 0.2) is 6.19 Å². The third-order valence-electron chi connectivity index (χ3n) is 1.44. The van der Waals surface area contributed by atoms with E-state index in [4.69, 9.17) is 5.26 Å². The number of nitrogens with zero attached hydrogens (tertiary/aromatic N) is 3. The number of aryl methyl sites for hydroxylation is 1. The molecule has 1 N–H and O–H groups in total. The highest BCUT2D eigenvalue weighted by atomic mass is 16.1. The van der Waals surface area contributed by atoms with Crippen molar-refractivity contribution in [3.8, 4) is 6.19 Å². The van der Waals surface area contributed by atoms with Crippen LogP contribution in [0, 0.1) is 11.5 Å². The van der Waals surface area contributed by atoms with Crippen molar-refractivity contribution >= 4 is 12.0 Å². The summed E-state index contributed by atoms with van der Waals surface area (Å²) in [7, 11) is 1.77. The fraction of sp³-hybridized carbons (Fsp3) is 0.125. The minimum absolute atomic E-state index is 0.441. The molecule has 0 aliphatic heterocycles. The fourth-order valence-electron chi connectivity index (χ4n) is 0.805. The molecule has 1 amide bonds. The van der Waals surface area contributed by atoms with Gasteiger partial charge in [-0.1, -0.05) is 0 Å². The molecule has 66 valence electrons. The maximum Gasteiger partial charge on any atom is 0.257 e. The molecule has 0 aliphatic rings. The Kier molecular flexibility index (Phi) is 2.82. The topological polar surface area (TPSA) is 70.7 Å². The Balaban J connectivity index is 2.65. The smallest absolute Gasteiger partial charge is 0.257 e. The summed E-state index contributed by atoms with van der Waals surface area (Å²) in [4.78, 5) is 10.8. The quantitative estimate of drug-likeness (QED) is 0.392. The van der Waals surface area contributed by atoms with Crippen LogP contribution in [-0.2, 0) is 11.8 Å². The van der Waals surface area contributed by atoms with Gasteiger partial charge in [-0.25, -0.2) is 0 Å². The molecule has 0 fully saturated rings. The van der Waals surface area contributed by atoms with Crippen molar-refractivity contribution in [2.75, 3.05) is 0 Å². The Hall–Kier alpha value is -2.09.